The molecule has 102 valence electrons. The SMILES string of the molecule is CN(N)C(=O)CC(N)c1ccc2c(c1)NC(=O)CO2. The lowest BCUT2D eigenvalue weighted by molar-refractivity contribution is -0.130. The Hall–Kier alpha value is -2.12. The van der Waals surface area contributed by atoms with Crippen LogP contribution in [0.1, 0.15) is 18.0 Å². The molecule has 1 aromatic rings. The Balaban J connectivity index is 2.15. The number of carbonyl (C=O) groups is 2. The molecule has 19 heavy (non-hydrogen) atoms. The number of ether oxygens (including phenoxy) is 1. The number of carbonyl (C=O) groups excluding carboxylic acids is 2. The Morgan fingerprint density at radius 2 is 2.32 bits per heavy atom. The zero-order chi connectivity index (χ0) is 14.0. The number of hydrazine groups is 1. The smallest absolute Gasteiger partial charge is 0.262 e. The summed E-state index contributed by atoms with van der Waals surface area (Å²) in [6.45, 7) is 0.00878. The van der Waals surface area contributed by atoms with Gasteiger partial charge in [-0.3, -0.25) is 14.6 Å². The Morgan fingerprint density at radius 3 is 3.00 bits per heavy atom. The topological polar surface area (TPSA) is 111 Å². The molecule has 1 aliphatic heterocycles. The number of benzene rings is 1. The number of nitrogens with one attached hydrogen (secondary N) is 1. The molecular formula is C12H16N4O3. The van der Waals surface area contributed by atoms with Crippen molar-refractivity contribution < 1.29 is 14.3 Å². The number of hydrogen-bond donors (Lipinski definition) is 3. The summed E-state index contributed by atoms with van der Waals surface area (Å²) in [4.78, 5) is 22.7. The monoisotopic (exact) mass is 264 g/mol. The largest absolute Gasteiger partial charge is 0.482 e. The fourth-order valence-electron chi connectivity index (χ4n) is 1.78. The van der Waals surface area contributed by atoms with Crippen LogP contribution in [-0.2, 0) is 9.59 Å². The van der Waals surface area contributed by atoms with Gasteiger partial charge in [-0.05, 0) is 17.7 Å². The maximum Gasteiger partial charge on any atom is 0.262 e. The predicted molar refractivity (Wildman–Crippen MR) is 69.1 cm³/mol. The Labute approximate surface area is 110 Å². The molecule has 0 saturated carbocycles. The highest BCUT2D eigenvalue weighted by Crippen LogP contribution is 2.30. The van der Waals surface area contributed by atoms with E-state index in [0.29, 0.717) is 11.4 Å². The number of nitrogens with two attached hydrogens (primary N) is 2. The maximum absolute atomic E-state index is 11.5. The summed E-state index contributed by atoms with van der Waals surface area (Å²) in [5, 5.41) is 3.69. The molecule has 0 aliphatic carbocycles. The molecule has 5 N–H and O–H groups in total. The molecule has 7 nitrogen and oxygen atoms in total. The van der Waals surface area contributed by atoms with Crippen LogP contribution in [0.2, 0.25) is 0 Å². The Bertz CT molecular complexity index is 516. The van der Waals surface area contributed by atoms with Gasteiger partial charge in [-0.25, -0.2) is 5.84 Å². The van der Waals surface area contributed by atoms with Crippen LogP contribution in [0.15, 0.2) is 18.2 Å². The average molecular weight is 264 g/mol. The van der Waals surface area contributed by atoms with Crippen LogP contribution in [0.4, 0.5) is 5.69 Å². The van der Waals surface area contributed by atoms with E-state index in [9.17, 15) is 9.59 Å². The fourth-order valence-corrected chi connectivity index (χ4v) is 1.78. The molecule has 1 aromatic carbocycles. The molecule has 0 spiro atoms. The first-order valence-corrected chi connectivity index (χ1v) is 5.81. The van der Waals surface area contributed by atoms with E-state index >= 15 is 0 Å². The summed E-state index contributed by atoms with van der Waals surface area (Å²) in [5.74, 6) is 5.47. The lowest BCUT2D eigenvalue weighted by Gasteiger charge is -2.20. The molecule has 2 amide bonds. The van der Waals surface area contributed by atoms with Crippen LogP contribution in [0.5, 0.6) is 5.75 Å². The van der Waals surface area contributed by atoms with E-state index in [4.69, 9.17) is 16.3 Å². The second kappa shape index (κ2) is 5.25. The summed E-state index contributed by atoms with van der Waals surface area (Å²) in [5.41, 5.74) is 7.25. The molecule has 1 heterocycles. The normalized spacial score (nSPS) is 15.0. The quantitative estimate of drug-likeness (QED) is 0.396. The van der Waals surface area contributed by atoms with Crippen molar-refractivity contribution in [3.63, 3.8) is 0 Å². The van der Waals surface area contributed by atoms with Gasteiger partial charge >= 0.3 is 0 Å². The van der Waals surface area contributed by atoms with E-state index in [1.165, 1.54) is 7.05 Å². The van der Waals surface area contributed by atoms with E-state index in [0.717, 1.165) is 10.6 Å². The van der Waals surface area contributed by atoms with Crippen molar-refractivity contribution in [2.24, 2.45) is 11.6 Å². The fraction of sp³-hybridized carbons (Fsp3) is 0.333. The second-order valence-electron chi connectivity index (χ2n) is 4.41. The van der Waals surface area contributed by atoms with Gasteiger partial charge in [0.25, 0.3) is 5.91 Å². The molecule has 0 aromatic heterocycles. The third-order valence-corrected chi connectivity index (χ3v) is 2.85. The highest BCUT2D eigenvalue weighted by molar-refractivity contribution is 5.95. The van der Waals surface area contributed by atoms with Gasteiger partial charge in [-0.2, -0.15) is 0 Å². The minimum absolute atomic E-state index is 0.00878. The maximum atomic E-state index is 11.5. The van der Waals surface area contributed by atoms with Gasteiger partial charge in [0.2, 0.25) is 5.91 Å². The van der Waals surface area contributed by atoms with E-state index in [-0.39, 0.29) is 24.8 Å². The van der Waals surface area contributed by atoms with E-state index < -0.39 is 6.04 Å². The van der Waals surface area contributed by atoms with Crippen molar-refractivity contribution in [3.05, 3.63) is 23.8 Å². The molecule has 0 saturated heterocycles. The molecule has 1 atom stereocenters. The van der Waals surface area contributed by atoms with Gasteiger partial charge in [0, 0.05) is 19.5 Å². The first kappa shape index (κ1) is 13.3. The number of rotatable bonds is 3. The zero-order valence-corrected chi connectivity index (χ0v) is 10.6. The third kappa shape index (κ3) is 3.01. The van der Waals surface area contributed by atoms with Crippen LogP contribution < -0.4 is 21.6 Å². The summed E-state index contributed by atoms with van der Waals surface area (Å²) >= 11 is 0. The predicted octanol–water partition coefficient (Wildman–Crippen LogP) is -0.260. The first-order chi connectivity index (χ1) is 8.97. The summed E-state index contributed by atoms with van der Waals surface area (Å²) < 4.78 is 5.24. The molecule has 1 unspecified atom stereocenters. The van der Waals surface area contributed by atoms with Crippen molar-refractivity contribution in [2.45, 2.75) is 12.5 Å². The van der Waals surface area contributed by atoms with Crippen LogP contribution in [0.25, 0.3) is 0 Å². The lowest BCUT2D eigenvalue weighted by atomic mass is 10.0. The van der Waals surface area contributed by atoms with Crippen LogP contribution in [0.3, 0.4) is 0 Å². The number of anilines is 1. The Kier molecular flexibility index (Phi) is 3.68. The standard InChI is InChI=1S/C12H16N4O3/c1-16(14)12(18)5-8(13)7-2-3-10-9(4-7)15-11(17)6-19-10/h2-4,8H,5-6,13-14H2,1H3,(H,15,17). The van der Waals surface area contributed by atoms with Crippen molar-refractivity contribution in [3.8, 4) is 5.75 Å². The molecule has 0 fully saturated rings. The van der Waals surface area contributed by atoms with Gasteiger partial charge in [0.1, 0.15) is 5.75 Å². The highest BCUT2D eigenvalue weighted by Gasteiger charge is 2.19. The number of nitrogens with zero attached hydrogens (tertiary/aromatic N) is 1. The highest BCUT2D eigenvalue weighted by atomic mass is 16.5. The van der Waals surface area contributed by atoms with Gasteiger partial charge in [0.05, 0.1) is 5.69 Å². The number of amides is 2. The van der Waals surface area contributed by atoms with Crippen LogP contribution >= 0.6 is 0 Å². The molecule has 1 aliphatic rings. The van der Waals surface area contributed by atoms with Crippen LogP contribution in [-0.4, -0.2) is 30.5 Å². The lowest BCUT2D eigenvalue weighted by Crippen LogP contribution is -2.35. The van der Waals surface area contributed by atoms with Crippen molar-refractivity contribution in [2.75, 3.05) is 19.0 Å². The van der Waals surface area contributed by atoms with Gasteiger partial charge in [0.15, 0.2) is 6.61 Å². The molecular weight excluding hydrogens is 248 g/mol. The molecule has 0 bridgehead atoms. The summed E-state index contributed by atoms with van der Waals surface area (Å²) in [6.07, 6.45) is 0.0978. The van der Waals surface area contributed by atoms with E-state index in [1.807, 2.05) is 0 Å². The number of fused-ring (bicyclic) bond motifs is 1. The van der Waals surface area contributed by atoms with E-state index in [2.05, 4.69) is 5.32 Å². The average Bonchev–Trinajstić information content (AvgIpc) is 2.37. The third-order valence-electron chi connectivity index (χ3n) is 2.85. The van der Waals surface area contributed by atoms with Gasteiger partial charge < -0.3 is 15.8 Å². The molecule has 7 heteroatoms. The summed E-state index contributed by atoms with van der Waals surface area (Å²) in [6, 6.07) is 4.72. The Morgan fingerprint density at radius 1 is 1.58 bits per heavy atom. The van der Waals surface area contributed by atoms with Gasteiger partial charge in [-0.15, -0.1) is 0 Å². The number of hydrogen-bond acceptors (Lipinski definition) is 5. The van der Waals surface area contributed by atoms with Crippen LogP contribution in [0, 0.1) is 0 Å². The van der Waals surface area contributed by atoms with E-state index in [1.54, 1.807) is 18.2 Å². The zero-order valence-electron chi connectivity index (χ0n) is 10.6. The molecule has 2 rings (SSSR count). The summed E-state index contributed by atoms with van der Waals surface area (Å²) in [7, 11) is 1.47. The van der Waals surface area contributed by atoms with Crippen molar-refractivity contribution in [1.82, 2.24) is 5.01 Å². The first-order valence-electron chi connectivity index (χ1n) is 5.81. The second-order valence-corrected chi connectivity index (χ2v) is 4.41. The minimum atomic E-state index is -0.484. The molecule has 0 radical (unpaired) electrons. The van der Waals surface area contributed by atoms with Crippen molar-refractivity contribution >= 4 is 17.5 Å². The van der Waals surface area contributed by atoms with Gasteiger partial charge in [-0.1, -0.05) is 6.07 Å². The van der Waals surface area contributed by atoms with Crippen molar-refractivity contribution in [1.29, 1.82) is 0 Å². The minimum Gasteiger partial charge on any atom is -0.482 e.